The Morgan fingerprint density at radius 1 is 0.861 bits per heavy atom. The van der Waals surface area contributed by atoms with Crippen LogP contribution in [0, 0.1) is 12.8 Å². The second-order valence-corrected chi connectivity index (χ2v) is 23.8. The highest BCUT2D eigenvalue weighted by Crippen LogP contribution is 2.45. The molecule has 3 aromatic carbocycles. The molecule has 2 aromatic heterocycles. The number of nitrogens with one attached hydrogen (secondary N) is 2. The number of sulfonamides is 1. The number of aliphatic hydroxyl groups is 1. The maximum atomic E-state index is 13.6. The molecular formula is C60H74F5N7O6S. The number of carbonyl (C=O) groups excluding carboxylic acids is 2. The van der Waals surface area contributed by atoms with E-state index in [0.29, 0.717) is 67.6 Å². The van der Waals surface area contributed by atoms with Crippen LogP contribution in [0.5, 0.6) is 0 Å². The van der Waals surface area contributed by atoms with Crippen molar-refractivity contribution in [1.29, 1.82) is 0 Å². The summed E-state index contributed by atoms with van der Waals surface area (Å²) in [7, 11) is -4.30. The van der Waals surface area contributed by atoms with Gasteiger partial charge in [-0.1, -0.05) is 107 Å². The average Bonchev–Trinajstić information content (AvgIpc) is 3.94. The zero-order valence-electron chi connectivity index (χ0n) is 45.7. The van der Waals surface area contributed by atoms with Gasteiger partial charge < -0.3 is 19.7 Å². The number of cyclic esters (lactones) is 1. The molecule has 13 nitrogen and oxygen atoms in total. The minimum Gasteiger partial charge on any atom is -0.512 e. The summed E-state index contributed by atoms with van der Waals surface area (Å²) in [5.41, 5.74) is 1.11. The highest BCUT2D eigenvalue weighted by atomic mass is 32.2. The second kappa shape index (κ2) is 25.1. The molecule has 5 heterocycles. The topological polar surface area (TPSA) is 169 Å². The molecule has 6 atom stereocenters. The number of anilines is 1. The number of halogens is 5. The molecule has 0 spiro atoms. The first kappa shape index (κ1) is 58.9. The van der Waals surface area contributed by atoms with Gasteiger partial charge >= 0.3 is 12.1 Å². The van der Waals surface area contributed by atoms with Crippen LogP contribution >= 0.6 is 0 Å². The number of hydrogen-bond donors (Lipinski definition) is 3. The number of esters is 1. The van der Waals surface area contributed by atoms with Crippen LogP contribution in [-0.2, 0) is 36.9 Å². The molecule has 3 aliphatic heterocycles. The van der Waals surface area contributed by atoms with Gasteiger partial charge in [0, 0.05) is 73.6 Å². The second-order valence-electron chi connectivity index (χ2n) is 22.2. The average molecular weight is 1120 g/mol. The van der Waals surface area contributed by atoms with Crippen molar-refractivity contribution in [2.45, 2.75) is 190 Å². The minimum absolute atomic E-state index is 0.0421. The number of piperidine rings is 1. The smallest absolute Gasteiger partial charge is 0.417 e. The van der Waals surface area contributed by atoms with Crippen molar-refractivity contribution < 1.29 is 49.8 Å². The number of nitrogens with zero attached hydrogens (tertiary/aromatic N) is 5. The van der Waals surface area contributed by atoms with Crippen molar-refractivity contribution in [3.8, 4) is 0 Å². The Labute approximate surface area is 460 Å². The Bertz CT molecular complexity index is 2990. The molecule has 3 fully saturated rings. The van der Waals surface area contributed by atoms with Crippen LogP contribution in [0.4, 0.5) is 27.6 Å². The highest BCUT2D eigenvalue weighted by Gasteiger charge is 2.45. The van der Waals surface area contributed by atoms with Gasteiger partial charge in [-0.25, -0.2) is 18.6 Å². The molecule has 2 bridgehead atoms. The SMILES string of the molecule is CCC[C@@]1(CCc2ccccc2)CC(O)=C([C@H](CC)c2cccc(NS(=O)(=O)c3ccc(C(F)(F)F)cn3)c2)C(=O)O1.Cc1nnc(C(C)C)n1C1C[C@H]2CC[C@@H](C1)N2CC[C@H](NC(=O)C1CCC(F)(F)CC1)c1ccccc1. The standard InChI is InChI=1S/C31H33F3N2O5S.C29H41F2N5O/c1-3-16-30(17-15-21-9-6-5-7-10-21)19-26(37)28(29(38)41-30)25(4-2)22-11-8-12-24(18-22)36-42(39,40)27-14-13-23(20-35-27)31(32,33)34;1-19(2)27-34-33-20(3)36(27)25-17-23-9-10-24(18-25)35(23)16-13-26(21-7-5-4-6-8-21)32-28(37)22-11-14-29(30,31)15-12-22/h5-14,18,20,25,36-37H,3-4,15-17,19H2,1-2H3;4-8,19,22-26H,9-18H2,1-3H3,(H,32,37)/t25-,30-;23-,24+,25?,26-/m10/s1. The molecule has 1 saturated carbocycles. The first-order chi connectivity index (χ1) is 37.6. The number of fused-ring (bicyclic) bond motifs is 2. The van der Waals surface area contributed by atoms with E-state index in [9.17, 15) is 45.1 Å². The Balaban J connectivity index is 0.000000209. The summed E-state index contributed by atoms with van der Waals surface area (Å²) >= 11 is 0. The summed E-state index contributed by atoms with van der Waals surface area (Å²) in [6.07, 6.45) is 4.58. The lowest BCUT2D eigenvalue weighted by Crippen LogP contribution is -2.45. The zero-order chi connectivity index (χ0) is 56.7. The molecule has 1 amide bonds. The Morgan fingerprint density at radius 2 is 1.52 bits per heavy atom. The molecule has 5 aromatic rings. The number of pyridine rings is 1. The molecule has 1 aliphatic carbocycles. The van der Waals surface area contributed by atoms with Crippen molar-refractivity contribution in [2.24, 2.45) is 5.92 Å². The molecule has 0 radical (unpaired) electrons. The van der Waals surface area contributed by atoms with Gasteiger partial charge in [-0.3, -0.25) is 14.4 Å². The molecule has 1 unspecified atom stereocenters. The molecule has 9 rings (SSSR count). The lowest BCUT2D eigenvalue weighted by molar-refractivity contribution is -0.161. The fourth-order valence-corrected chi connectivity index (χ4v) is 13.3. The number of ether oxygens (including phenoxy) is 1. The van der Waals surface area contributed by atoms with Gasteiger partial charge in [-0.15, -0.1) is 10.2 Å². The maximum absolute atomic E-state index is 13.6. The lowest BCUT2D eigenvalue weighted by Gasteiger charge is -2.40. The van der Waals surface area contributed by atoms with E-state index >= 15 is 0 Å². The lowest BCUT2D eigenvalue weighted by atomic mass is 9.80. The number of alkyl halides is 5. The number of amides is 1. The highest BCUT2D eigenvalue weighted by molar-refractivity contribution is 7.92. The Hall–Kier alpha value is -6.21. The normalized spacial score (nSPS) is 22.4. The monoisotopic (exact) mass is 1120 g/mol. The van der Waals surface area contributed by atoms with Crippen LogP contribution in [0.1, 0.15) is 175 Å². The van der Waals surface area contributed by atoms with Crippen LogP contribution in [0.2, 0.25) is 0 Å². The number of rotatable bonds is 19. The number of aliphatic hydroxyl groups excluding tert-OH is 1. The third-order valence-corrected chi connectivity index (χ3v) is 17.6. The molecular weight excluding hydrogens is 1040 g/mol. The largest absolute Gasteiger partial charge is 0.512 e. The fraction of sp³-hybridized carbons (Fsp3) is 0.517. The van der Waals surface area contributed by atoms with Crippen molar-refractivity contribution in [3.63, 3.8) is 0 Å². The van der Waals surface area contributed by atoms with Crippen molar-refractivity contribution in [2.75, 3.05) is 11.3 Å². The summed E-state index contributed by atoms with van der Waals surface area (Å²) in [5, 5.41) is 22.7. The maximum Gasteiger partial charge on any atom is 0.417 e. The first-order valence-corrected chi connectivity index (χ1v) is 29.3. The Kier molecular flexibility index (Phi) is 18.7. The van der Waals surface area contributed by atoms with Gasteiger partial charge in [-0.2, -0.15) is 21.6 Å². The zero-order valence-corrected chi connectivity index (χ0v) is 46.5. The van der Waals surface area contributed by atoms with Gasteiger partial charge in [0.25, 0.3) is 10.0 Å². The van der Waals surface area contributed by atoms with Crippen LogP contribution in [0.3, 0.4) is 0 Å². The summed E-state index contributed by atoms with van der Waals surface area (Å²) in [4.78, 5) is 32.7. The predicted molar refractivity (Wildman–Crippen MR) is 292 cm³/mol. The summed E-state index contributed by atoms with van der Waals surface area (Å²) in [5.74, 6) is -1.80. The van der Waals surface area contributed by atoms with Gasteiger partial charge in [0.15, 0.2) is 5.03 Å². The van der Waals surface area contributed by atoms with E-state index in [2.05, 4.69) is 67.6 Å². The van der Waals surface area contributed by atoms with E-state index in [0.717, 1.165) is 61.1 Å². The van der Waals surface area contributed by atoms with Gasteiger partial charge in [-0.05, 0) is 119 Å². The van der Waals surface area contributed by atoms with Gasteiger partial charge in [0.1, 0.15) is 23.0 Å². The Morgan fingerprint density at radius 3 is 2.11 bits per heavy atom. The van der Waals surface area contributed by atoms with Crippen LogP contribution in [-0.4, -0.2) is 80.2 Å². The van der Waals surface area contributed by atoms with Crippen LogP contribution in [0.15, 0.2) is 120 Å². The van der Waals surface area contributed by atoms with Crippen molar-refractivity contribution >= 4 is 27.6 Å². The number of carbonyl (C=O) groups is 2. The summed E-state index contributed by atoms with van der Waals surface area (Å²) in [6.45, 7) is 11.2. The van der Waals surface area contributed by atoms with Crippen molar-refractivity contribution in [3.05, 3.63) is 148 Å². The van der Waals surface area contributed by atoms with Crippen LogP contribution < -0.4 is 10.0 Å². The van der Waals surface area contributed by atoms with E-state index in [1.807, 2.05) is 62.4 Å². The first-order valence-electron chi connectivity index (χ1n) is 27.8. The van der Waals surface area contributed by atoms with Gasteiger partial charge in [0.2, 0.25) is 11.8 Å². The van der Waals surface area contributed by atoms with E-state index in [-0.39, 0.29) is 67.0 Å². The van der Waals surface area contributed by atoms with E-state index in [4.69, 9.17) is 4.74 Å². The van der Waals surface area contributed by atoms with Crippen LogP contribution in [0.25, 0.3) is 0 Å². The number of aryl methyl sites for hydroxylation is 2. The number of aromatic nitrogens is 4. The molecule has 4 aliphatic rings. The summed E-state index contributed by atoms with van der Waals surface area (Å²) < 4.78 is 102. The third-order valence-electron chi connectivity index (χ3n) is 16.3. The molecule has 79 heavy (non-hydrogen) atoms. The minimum atomic E-state index is -4.65. The molecule has 3 N–H and O–H groups in total. The van der Waals surface area contributed by atoms with Gasteiger partial charge in [0.05, 0.1) is 17.2 Å². The van der Waals surface area contributed by atoms with Crippen molar-refractivity contribution in [1.82, 2.24) is 30.0 Å². The molecule has 2 saturated heterocycles. The van der Waals surface area contributed by atoms with E-state index < -0.39 is 50.2 Å². The fourth-order valence-electron chi connectivity index (χ4n) is 12.3. The predicted octanol–water partition coefficient (Wildman–Crippen LogP) is 13.3. The molecule has 426 valence electrons. The summed E-state index contributed by atoms with van der Waals surface area (Å²) in [6, 6.07) is 29.0. The third kappa shape index (κ3) is 14.4. The van der Waals surface area contributed by atoms with E-state index in [1.54, 1.807) is 12.1 Å². The number of benzene rings is 3. The number of hydrogen-bond acceptors (Lipinski definition) is 10. The van der Waals surface area contributed by atoms with E-state index in [1.165, 1.54) is 25.0 Å². The molecule has 19 heteroatoms. The quantitative estimate of drug-likeness (QED) is 0.0534.